The average Bonchev–Trinajstić information content (AvgIpc) is 3.25. The van der Waals surface area contributed by atoms with Crippen LogP contribution in [-0.2, 0) is 0 Å². The SMILES string of the molecule is COc1cc(C(=O)Oc2ccc(/C=N\n3cnnc3)cc2)cc(OC)c1OC. The number of methoxy groups -OCH3 is 3. The van der Waals surface area contributed by atoms with Gasteiger partial charge in [-0.25, -0.2) is 9.47 Å². The number of benzene rings is 2. The van der Waals surface area contributed by atoms with Crippen molar-refractivity contribution in [1.82, 2.24) is 14.9 Å². The van der Waals surface area contributed by atoms with E-state index in [0.717, 1.165) is 5.56 Å². The lowest BCUT2D eigenvalue weighted by Crippen LogP contribution is -2.09. The van der Waals surface area contributed by atoms with E-state index in [1.54, 1.807) is 30.5 Å². The molecule has 0 amide bonds. The van der Waals surface area contributed by atoms with Crippen molar-refractivity contribution >= 4 is 12.2 Å². The van der Waals surface area contributed by atoms with Crippen LogP contribution in [0.4, 0.5) is 0 Å². The molecule has 3 aromatic rings. The topological polar surface area (TPSA) is 97.1 Å². The quantitative estimate of drug-likeness (QED) is 0.352. The van der Waals surface area contributed by atoms with Crippen LogP contribution < -0.4 is 18.9 Å². The Morgan fingerprint density at radius 3 is 2.11 bits per heavy atom. The number of nitrogens with zero attached hydrogens (tertiary/aromatic N) is 4. The van der Waals surface area contributed by atoms with E-state index in [1.807, 2.05) is 0 Å². The monoisotopic (exact) mass is 382 g/mol. The standard InChI is InChI=1S/C19H18N4O5/c1-25-16-8-14(9-17(26-2)18(16)27-3)19(24)28-15-6-4-13(5-7-15)10-22-23-11-20-21-12-23/h4-12H,1-3H3/b22-10-. The average molecular weight is 382 g/mol. The van der Waals surface area contributed by atoms with E-state index < -0.39 is 5.97 Å². The Morgan fingerprint density at radius 2 is 1.57 bits per heavy atom. The zero-order valence-electron chi connectivity index (χ0n) is 15.5. The molecular weight excluding hydrogens is 364 g/mol. The van der Waals surface area contributed by atoms with Crippen molar-refractivity contribution in [3.05, 3.63) is 60.2 Å². The summed E-state index contributed by atoms with van der Waals surface area (Å²) in [6.07, 6.45) is 4.59. The molecule has 1 heterocycles. The number of carbonyl (C=O) groups excluding carboxylic acids is 1. The molecular formula is C19H18N4O5. The van der Waals surface area contributed by atoms with Gasteiger partial charge in [0.25, 0.3) is 0 Å². The van der Waals surface area contributed by atoms with Gasteiger partial charge in [-0.15, -0.1) is 10.2 Å². The molecule has 3 rings (SSSR count). The van der Waals surface area contributed by atoms with E-state index >= 15 is 0 Å². The second kappa shape index (κ2) is 8.67. The van der Waals surface area contributed by atoms with E-state index in [-0.39, 0.29) is 5.56 Å². The predicted octanol–water partition coefficient (Wildman–Crippen LogP) is 2.41. The van der Waals surface area contributed by atoms with Crippen LogP contribution in [0.2, 0.25) is 0 Å². The number of hydrogen-bond acceptors (Lipinski definition) is 8. The van der Waals surface area contributed by atoms with Gasteiger partial charge in [-0.3, -0.25) is 0 Å². The minimum atomic E-state index is -0.551. The van der Waals surface area contributed by atoms with Crippen molar-refractivity contribution in [3.8, 4) is 23.0 Å². The number of ether oxygens (including phenoxy) is 4. The molecule has 0 spiro atoms. The van der Waals surface area contributed by atoms with E-state index in [1.165, 1.54) is 50.8 Å². The maximum absolute atomic E-state index is 12.5. The highest BCUT2D eigenvalue weighted by Gasteiger charge is 2.18. The summed E-state index contributed by atoms with van der Waals surface area (Å²) in [5.41, 5.74) is 1.09. The van der Waals surface area contributed by atoms with E-state index in [0.29, 0.717) is 23.0 Å². The van der Waals surface area contributed by atoms with Crippen LogP contribution in [0.1, 0.15) is 15.9 Å². The molecule has 0 aliphatic rings. The van der Waals surface area contributed by atoms with Crippen LogP contribution >= 0.6 is 0 Å². The number of rotatable bonds is 7. The van der Waals surface area contributed by atoms with Gasteiger partial charge >= 0.3 is 5.97 Å². The third kappa shape index (κ3) is 4.26. The van der Waals surface area contributed by atoms with Crippen molar-refractivity contribution < 1.29 is 23.7 Å². The Kier molecular flexibility index (Phi) is 5.85. The molecule has 0 aliphatic carbocycles. The molecule has 0 unspecified atom stereocenters. The van der Waals surface area contributed by atoms with Gasteiger partial charge < -0.3 is 18.9 Å². The molecule has 1 aromatic heterocycles. The molecule has 0 bridgehead atoms. The highest BCUT2D eigenvalue weighted by Crippen LogP contribution is 2.38. The molecule has 9 heteroatoms. The third-order valence-corrected chi connectivity index (χ3v) is 3.74. The summed E-state index contributed by atoms with van der Waals surface area (Å²) < 4.78 is 22.6. The second-order valence-corrected chi connectivity index (χ2v) is 5.46. The summed E-state index contributed by atoms with van der Waals surface area (Å²) in [5, 5.41) is 11.5. The maximum atomic E-state index is 12.5. The Labute approximate surface area is 161 Å². The Morgan fingerprint density at radius 1 is 0.964 bits per heavy atom. The minimum Gasteiger partial charge on any atom is -0.493 e. The van der Waals surface area contributed by atoms with Crippen LogP contribution in [0.15, 0.2) is 54.2 Å². The Balaban J connectivity index is 1.74. The molecule has 0 aliphatic heterocycles. The van der Waals surface area contributed by atoms with Gasteiger partial charge in [0.1, 0.15) is 18.4 Å². The van der Waals surface area contributed by atoms with E-state index in [2.05, 4.69) is 15.3 Å². The highest BCUT2D eigenvalue weighted by molar-refractivity contribution is 5.92. The number of esters is 1. The van der Waals surface area contributed by atoms with Crippen molar-refractivity contribution in [2.75, 3.05) is 21.3 Å². The molecule has 0 saturated carbocycles. The zero-order chi connectivity index (χ0) is 19.9. The van der Waals surface area contributed by atoms with Gasteiger partial charge in [0, 0.05) is 0 Å². The summed E-state index contributed by atoms with van der Waals surface area (Å²) >= 11 is 0. The summed E-state index contributed by atoms with van der Waals surface area (Å²) in [6, 6.07) is 9.94. The number of aromatic nitrogens is 3. The van der Waals surface area contributed by atoms with Crippen LogP contribution in [0, 0.1) is 0 Å². The molecule has 0 N–H and O–H groups in total. The molecule has 28 heavy (non-hydrogen) atoms. The van der Waals surface area contributed by atoms with Gasteiger partial charge in [0.05, 0.1) is 33.1 Å². The Bertz CT molecular complexity index is 943. The fourth-order valence-electron chi connectivity index (χ4n) is 2.38. The van der Waals surface area contributed by atoms with Crippen LogP contribution in [0.5, 0.6) is 23.0 Å². The molecule has 0 fully saturated rings. The normalized spacial score (nSPS) is 10.7. The van der Waals surface area contributed by atoms with Crippen LogP contribution in [0.3, 0.4) is 0 Å². The largest absolute Gasteiger partial charge is 0.493 e. The van der Waals surface area contributed by atoms with Gasteiger partial charge in [0.2, 0.25) is 5.75 Å². The Hall–Kier alpha value is -3.88. The number of hydrogen-bond donors (Lipinski definition) is 0. The first-order chi connectivity index (χ1) is 13.6. The first-order valence-corrected chi connectivity index (χ1v) is 8.16. The van der Waals surface area contributed by atoms with E-state index in [9.17, 15) is 4.79 Å². The molecule has 0 atom stereocenters. The summed E-state index contributed by atoms with van der Waals surface area (Å²) in [5.74, 6) is 0.979. The zero-order valence-corrected chi connectivity index (χ0v) is 15.5. The van der Waals surface area contributed by atoms with E-state index in [4.69, 9.17) is 18.9 Å². The minimum absolute atomic E-state index is 0.271. The second-order valence-electron chi connectivity index (χ2n) is 5.46. The van der Waals surface area contributed by atoms with Gasteiger partial charge in [0.15, 0.2) is 11.5 Å². The molecule has 9 nitrogen and oxygen atoms in total. The van der Waals surface area contributed by atoms with Crippen molar-refractivity contribution in [2.24, 2.45) is 5.10 Å². The number of carbonyl (C=O) groups is 1. The lowest BCUT2D eigenvalue weighted by atomic mass is 10.2. The van der Waals surface area contributed by atoms with Crippen LogP contribution in [-0.4, -0.2) is 48.4 Å². The third-order valence-electron chi connectivity index (χ3n) is 3.74. The van der Waals surface area contributed by atoms with Gasteiger partial charge in [-0.2, -0.15) is 5.10 Å². The fraction of sp³-hybridized carbons (Fsp3) is 0.158. The summed E-state index contributed by atoms with van der Waals surface area (Å²) in [6.45, 7) is 0. The van der Waals surface area contributed by atoms with Gasteiger partial charge in [-0.1, -0.05) is 0 Å². The van der Waals surface area contributed by atoms with Crippen molar-refractivity contribution in [2.45, 2.75) is 0 Å². The molecule has 144 valence electrons. The highest BCUT2D eigenvalue weighted by atomic mass is 16.5. The molecule has 0 saturated heterocycles. The van der Waals surface area contributed by atoms with Gasteiger partial charge in [-0.05, 0) is 42.0 Å². The fourth-order valence-corrected chi connectivity index (χ4v) is 2.38. The summed E-state index contributed by atoms with van der Waals surface area (Å²) in [7, 11) is 4.45. The van der Waals surface area contributed by atoms with Crippen LogP contribution in [0.25, 0.3) is 0 Å². The first-order valence-electron chi connectivity index (χ1n) is 8.16. The maximum Gasteiger partial charge on any atom is 0.343 e. The lowest BCUT2D eigenvalue weighted by molar-refractivity contribution is 0.0734. The molecule has 0 radical (unpaired) electrons. The lowest BCUT2D eigenvalue weighted by Gasteiger charge is -2.13. The predicted molar refractivity (Wildman–Crippen MR) is 101 cm³/mol. The summed E-state index contributed by atoms with van der Waals surface area (Å²) in [4.78, 5) is 12.5. The molecule has 2 aromatic carbocycles. The first kappa shape index (κ1) is 18.9. The van der Waals surface area contributed by atoms with Crippen molar-refractivity contribution in [3.63, 3.8) is 0 Å². The van der Waals surface area contributed by atoms with Crippen molar-refractivity contribution in [1.29, 1.82) is 0 Å². The smallest absolute Gasteiger partial charge is 0.343 e.